The van der Waals surface area contributed by atoms with Gasteiger partial charge in [0.15, 0.2) is 5.82 Å². The van der Waals surface area contributed by atoms with Crippen molar-refractivity contribution >= 4 is 28.8 Å². The Morgan fingerprint density at radius 3 is 2.29 bits per heavy atom. The third kappa shape index (κ3) is 4.88. The molecule has 2 aliphatic rings. The average molecular weight is 460 g/mol. The highest BCUT2D eigenvalue weighted by atomic mass is 16.5. The van der Waals surface area contributed by atoms with E-state index in [0.29, 0.717) is 31.9 Å². The first-order valence-electron chi connectivity index (χ1n) is 11.7. The van der Waals surface area contributed by atoms with Crippen LogP contribution in [0.1, 0.15) is 18.4 Å². The molecule has 0 unspecified atom stereocenters. The van der Waals surface area contributed by atoms with Crippen molar-refractivity contribution in [3.8, 4) is 0 Å². The normalized spacial score (nSPS) is 17.7. The summed E-state index contributed by atoms with van der Waals surface area (Å²) in [6.45, 7) is 4.28. The van der Waals surface area contributed by atoms with Crippen molar-refractivity contribution in [1.82, 2.24) is 10.2 Å². The zero-order chi connectivity index (χ0) is 23.2. The molecule has 3 aromatic rings. The zero-order valence-electron chi connectivity index (χ0n) is 19.1. The minimum absolute atomic E-state index is 0.00629. The molecule has 2 saturated heterocycles. The molecule has 2 fully saturated rings. The molecule has 2 aliphatic heterocycles. The number of nitrogens with zero attached hydrogens (tertiary/aromatic N) is 3. The van der Waals surface area contributed by atoms with Gasteiger partial charge in [-0.1, -0.05) is 30.3 Å². The number of anilines is 4. The van der Waals surface area contributed by atoms with E-state index >= 15 is 0 Å². The lowest BCUT2D eigenvalue weighted by Crippen LogP contribution is -2.44. The van der Waals surface area contributed by atoms with Gasteiger partial charge in [0.05, 0.1) is 30.5 Å². The van der Waals surface area contributed by atoms with Crippen LogP contribution in [0.15, 0.2) is 66.9 Å². The van der Waals surface area contributed by atoms with E-state index in [0.717, 1.165) is 48.9 Å². The fourth-order valence-corrected chi connectivity index (χ4v) is 4.57. The van der Waals surface area contributed by atoms with Crippen molar-refractivity contribution in [2.24, 2.45) is 0 Å². The molecule has 2 N–H and O–H groups in total. The maximum atomic E-state index is 13.4. The Morgan fingerprint density at radius 1 is 0.882 bits per heavy atom. The van der Waals surface area contributed by atoms with Gasteiger partial charge < -0.3 is 25.0 Å². The second kappa shape index (κ2) is 10.2. The molecule has 8 heteroatoms. The number of ether oxygens (including phenoxy) is 2. The Labute approximate surface area is 199 Å². The summed E-state index contributed by atoms with van der Waals surface area (Å²) in [5.74, 6) is 0.679. The van der Waals surface area contributed by atoms with Crippen molar-refractivity contribution in [2.45, 2.75) is 18.3 Å². The highest BCUT2D eigenvalue weighted by Gasteiger charge is 2.41. The molecule has 0 radical (unpaired) electrons. The number of rotatable bonds is 6. The predicted octanol–water partition coefficient (Wildman–Crippen LogP) is 3.74. The number of carbonyl (C=O) groups excluding carboxylic acids is 1. The van der Waals surface area contributed by atoms with Crippen LogP contribution in [0, 0.1) is 0 Å². The van der Waals surface area contributed by atoms with Crippen LogP contribution in [0.4, 0.5) is 22.9 Å². The summed E-state index contributed by atoms with van der Waals surface area (Å²) in [5, 5.41) is 14.8. The summed E-state index contributed by atoms with van der Waals surface area (Å²) in [4.78, 5) is 15.7. The van der Waals surface area contributed by atoms with Crippen LogP contribution in [0.2, 0.25) is 0 Å². The summed E-state index contributed by atoms with van der Waals surface area (Å²) in [7, 11) is 0. The van der Waals surface area contributed by atoms with Gasteiger partial charge in [-0.2, -0.15) is 5.10 Å². The fraction of sp³-hybridized carbons (Fsp3) is 0.346. The molecule has 0 saturated carbocycles. The van der Waals surface area contributed by atoms with Gasteiger partial charge >= 0.3 is 0 Å². The molecular weight excluding hydrogens is 430 g/mol. The van der Waals surface area contributed by atoms with E-state index in [9.17, 15) is 4.79 Å². The predicted molar refractivity (Wildman–Crippen MR) is 132 cm³/mol. The lowest BCUT2D eigenvalue weighted by Gasteiger charge is -2.36. The molecule has 5 rings (SSSR count). The Kier molecular flexibility index (Phi) is 6.69. The van der Waals surface area contributed by atoms with Crippen molar-refractivity contribution in [3.05, 3.63) is 72.4 Å². The third-order valence-electron chi connectivity index (χ3n) is 6.54. The summed E-state index contributed by atoms with van der Waals surface area (Å²) in [5.41, 5.74) is 3.10. The molecule has 1 aromatic heterocycles. The Bertz CT molecular complexity index is 1090. The Hall–Kier alpha value is -3.49. The molecule has 0 aliphatic carbocycles. The SMILES string of the molecule is O=C(Nc1ccc(Nc2cc(N3CCOCC3)cnn2)cc1)C1(c2ccccc2)CCOCC1. The molecule has 0 bridgehead atoms. The highest BCUT2D eigenvalue weighted by molar-refractivity contribution is 5.99. The number of nitrogens with one attached hydrogen (secondary N) is 2. The topological polar surface area (TPSA) is 88.6 Å². The van der Waals surface area contributed by atoms with Gasteiger partial charge in [0, 0.05) is 43.7 Å². The summed E-state index contributed by atoms with van der Waals surface area (Å²) < 4.78 is 11.0. The maximum absolute atomic E-state index is 13.4. The standard InChI is InChI=1S/C26H29N5O3/c32-25(26(10-14-33-15-11-26)20-4-2-1-3-5-20)29-22-8-6-21(7-9-22)28-24-18-23(19-27-30-24)31-12-16-34-17-13-31/h1-9,18-19H,10-17H2,(H,28,30)(H,29,32). The highest BCUT2D eigenvalue weighted by Crippen LogP contribution is 2.36. The lowest BCUT2D eigenvalue weighted by molar-refractivity contribution is -0.125. The zero-order valence-corrected chi connectivity index (χ0v) is 19.1. The number of hydrogen-bond acceptors (Lipinski definition) is 7. The molecule has 0 spiro atoms. The van der Waals surface area contributed by atoms with Gasteiger partial charge in [-0.15, -0.1) is 5.10 Å². The van der Waals surface area contributed by atoms with Crippen LogP contribution in [-0.2, 0) is 19.7 Å². The first-order valence-corrected chi connectivity index (χ1v) is 11.7. The van der Waals surface area contributed by atoms with Crippen molar-refractivity contribution < 1.29 is 14.3 Å². The van der Waals surface area contributed by atoms with E-state index < -0.39 is 5.41 Å². The summed E-state index contributed by atoms with van der Waals surface area (Å²) in [6, 6.07) is 19.6. The molecule has 8 nitrogen and oxygen atoms in total. The van der Waals surface area contributed by atoms with E-state index in [4.69, 9.17) is 9.47 Å². The molecule has 34 heavy (non-hydrogen) atoms. The quantitative estimate of drug-likeness (QED) is 0.580. The van der Waals surface area contributed by atoms with E-state index in [-0.39, 0.29) is 5.91 Å². The largest absolute Gasteiger partial charge is 0.381 e. The fourth-order valence-electron chi connectivity index (χ4n) is 4.57. The van der Waals surface area contributed by atoms with Crippen LogP contribution in [0.25, 0.3) is 0 Å². The van der Waals surface area contributed by atoms with Crippen molar-refractivity contribution in [1.29, 1.82) is 0 Å². The first-order chi connectivity index (χ1) is 16.7. The smallest absolute Gasteiger partial charge is 0.235 e. The van der Waals surface area contributed by atoms with Crippen LogP contribution < -0.4 is 15.5 Å². The monoisotopic (exact) mass is 459 g/mol. The number of amides is 1. The molecular formula is C26H29N5O3. The lowest BCUT2D eigenvalue weighted by atomic mass is 9.73. The summed E-state index contributed by atoms with van der Waals surface area (Å²) in [6.07, 6.45) is 3.11. The van der Waals surface area contributed by atoms with E-state index in [2.05, 4.69) is 25.7 Å². The first kappa shape index (κ1) is 22.3. The Balaban J connectivity index is 1.27. The molecule has 1 amide bonds. The second-order valence-electron chi connectivity index (χ2n) is 8.62. The van der Waals surface area contributed by atoms with Gasteiger partial charge in [0.2, 0.25) is 5.91 Å². The van der Waals surface area contributed by atoms with E-state index in [1.807, 2.05) is 60.7 Å². The van der Waals surface area contributed by atoms with Crippen LogP contribution in [0.5, 0.6) is 0 Å². The summed E-state index contributed by atoms with van der Waals surface area (Å²) >= 11 is 0. The van der Waals surface area contributed by atoms with E-state index in [1.165, 1.54) is 0 Å². The second-order valence-corrected chi connectivity index (χ2v) is 8.62. The van der Waals surface area contributed by atoms with Crippen LogP contribution in [0.3, 0.4) is 0 Å². The van der Waals surface area contributed by atoms with Gasteiger partial charge in [-0.25, -0.2) is 0 Å². The maximum Gasteiger partial charge on any atom is 0.235 e. The van der Waals surface area contributed by atoms with Gasteiger partial charge in [0.1, 0.15) is 0 Å². The number of benzene rings is 2. The molecule has 3 heterocycles. The number of morpholine rings is 1. The van der Waals surface area contributed by atoms with Crippen molar-refractivity contribution in [3.63, 3.8) is 0 Å². The number of aromatic nitrogens is 2. The minimum Gasteiger partial charge on any atom is -0.381 e. The van der Waals surface area contributed by atoms with E-state index in [1.54, 1.807) is 6.20 Å². The van der Waals surface area contributed by atoms with Crippen molar-refractivity contribution in [2.75, 3.05) is 55.1 Å². The van der Waals surface area contributed by atoms with Gasteiger partial charge in [0.25, 0.3) is 0 Å². The van der Waals surface area contributed by atoms with Crippen LogP contribution >= 0.6 is 0 Å². The number of hydrogen-bond donors (Lipinski definition) is 2. The van der Waals surface area contributed by atoms with Gasteiger partial charge in [-0.05, 0) is 42.7 Å². The molecule has 176 valence electrons. The molecule has 0 atom stereocenters. The third-order valence-corrected chi connectivity index (χ3v) is 6.54. The Morgan fingerprint density at radius 2 is 1.56 bits per heavy atom. The average Bonchev–Trinajstić information content (AvgIpc) is 2.91. The van der Waals surface area contributed by atoms with Crippen LogP contribution in [-0.4, -0.2) is 55.6 Å². The molecule has 2 aromatic carbocycles. The number of carbonyl (C=O) groups is 1. The van der Waals surface area contributed by atoms with Gasteiger partial charge in [-0.3, -0.25) is 4.79 Å². The minimum atomic E-state index is -0.577.